The number of halogens is 2. The average Bonchev–Trinajstić information content (AvgIpc) is 3.01. The molecule has 5 nitrogen and oxygen atoms in total. The number of hydroxylamine groups is 1. The summed E-state index contributed by atoms with van der Waals surface area (Å²) in [5.74, 6) is -2.20. The Kier molecular flexibility index (Phi) is 3.86. The van der Waals surface area contributed by atoms with Crippen molar-refractivity contribution in [1.82, 2.24) is 15.4 Å². The van der Waals surface area contributed by atoms with E-state index in [0.29, 0.717) is 22.5 Å². The number of aromatic amines is 1. The molecule has 3 aromatic rings. The molecule has 2 aromatic carbocycles. The lowest BCUT2D eigenvalue weighted by molar-refractivity contribution is -0.124. The summed E-state index contributed by atoms with van der Waals surface area (Å²) in [4.78, 5) is 18.0. The van der Waals surface area contributed by atoms with E-state index in [0.717, 1.165) is 12.1 Å². The molecule has 0 unspecified atom stereocenters. The first kappa shape index (κ1) is 14.9. The van der Waals surface area contributed by atoms with E-state index < -0.39 is 17.5 Å². The van der Waals surface area contributed by atoms with Gasteiger partial charge >= 0.3 is 0 Å². The Morgan fingerprint density at radius 3 is 2.87 bits per heavy atom. The van der Waals surface area contributed by atoms with Crippen LogP contribution in [0.15, 0.2) is 42.5 Å². The van der Waals surface area contributed by atoms with Crippen LogP contribution in [0.1, 0.15) is 5.56 Å². The summed E-state index contributed by atoms with van der Waals surface area (Å²) in [6.45, 7) is 0. The Labute approximate surface area is 129 Å². The van der Waals surface area contributed by atoms with Gasteiger partial charge in [0.15, 0.2) is 11.6 Å². The number of hydrogen-bond donors (Lipinski definition) is 3. The maximum atomic E-state index is 13.7. The van der Waals surface area contributed by atoms with Crippen LogP contribution in [-0.2, 0) is 4.79 Å². The molecule has 0 atom stereocenters. The van der Waals surface area contributed by atoms with Crippen molar-refractivity contribution in [1.29, 1.82) is 0 Å². The largest absolute Gasteiger partial charge is 0.335 e. The Balaban J connectivity index is 2.00. The molecular formula is C16H11F2N3O2. The second kappa shape index (κ2) is 5.98. The third kappa shape index (κ3) is 2.95. The first-order chi connectivity index (χ1) is 11.1. The lowest BCUT2D eigenvalue weighted by Crippen LogP contribution is -2.14. The zero-order chi connectivity index (χ0) is 16.4. The topological polar surface area (TPSA) is 78.0 Å². The van der Waals surface area contributed by atoms with Crippen molar-refractivity contribution >= 4 is 23.0 Å². The van der Waals surface area contributed by atoms with Crippen LogP contribution >= 0.6 is 0 Å². The molecule has 116 valence electrons. The number of carbonyl (C=O) groups excluding carboxylic acids is 1. The smallest absolute Gasteiger partial charge is 0.267 e. The van der Waals surface area contributed by atoms with Crippen LogP contribution in [0.25, 0.3) is 28.5 Å². The minimum absolute atomic E-state index is 0.000559. The summed E-state index contributed by atoms with van der Waals surface area (Å²) in [6, 6.07) is 9.35. The molecule has 0 saturated heterocycles. The lowest BCUT2D eigenvalue weighted by Gasteiger charge is -1.99. The number of nitrogens with one attached hydrogen (secondary N) is 2. The van der Waals surface area contributed by atoms with Crippen molar-refractivity contribution in [2.75, 3.05) is 0 Å². The van der Waals surface area contributed by atoms with Gasteiger partial charge in [-0.1, -0.05) is 18.2 Å². The predicted octanol–water partition coefficient (Wildman–Crippen LogP) is 3.03. The fraction of sp³-hybridized carbons (Fsp3) is 0. The first-order valence-electron chi connectivity index (χ1n) is 6.65. The second-order valence-electron chi connectivity index (χ2n) is 4.78. The van der Waals surface area contributed by atoms with Crippen molar-refractivity contribution in [2.45, 2.75) is 0 Å². The normalized spacial score (nSPS) is 11.3. The van der Waals surface area contributed by atoms with Crippen LogP contribution in [0.2, 0.25) is 0 Å². The van der Waals surface area contributed by atoms with Gasteiger partial charge in [0.1, 0.15) is 11.3 Å². The number of aromatic nitrogens is 2. The van der Waals surface area contributed by atoms with Crippen molar-refractivity contribution in [3.05, 3.63) is 59.7 Å². The molecule has 0 fully saturated rings. The van der Waals surface area contributed by atoms with Gasteiger partial charge in [0.2, 0.25) is 0 Å². The number of H-pyrrole nitrogens is 1. The number of nitrogens with zero attached hydrogens (tertiary/aromatic N) is 1. The number of imidazole rings is 1. The maximum Gasteiger partial charge on any atom is 0.267 e. The highest BCUT2D eigenvalue weighted by molar-refractivity contribution is 5.91. The molecule has 0 radical (unpaired) electrons. The molecule has 0 spiro atoms. The Hall–Kier alpha value is -3.06. The number of rotatable bonds is 3. The molecule has 7 heteroatoms. The van der Waals surface area contributed by atoms with E-state index in [1.807, 2.05) is 0 Å². The minimum atomic E-state index is -0.975. The fourth-order valence-corrected chi connectivity index (χ4v) is 2.15. The van der Waals surface area contributed by atoms with Crippen molar-refractivity contribution in [2.24, 2.45) is 0 Å². The molecule has 3 rings (SSSR count). The summed E-state index contributed by atoms with van der Waals surface area (Å²) in [5, 5.41) is 8.44. The molecule has 0 aliphatic carbocycles. The van der Waals surface area contributed by atoms with Gasteiger partial charge in [0, 0.05) is 11.6 Å². The van der Waals surface area contributed by atoms with Crippen LogP contribution in [0.3, 0.4) is 0 Å². The molecule has 1 amide bonds. The van der Waals surface area contributed by atoms with E-state index in [2.05, 4.69) is 9.97 Å². The number of benzene rings is 2. The molecule has 0 aliphatic heterocycles. The number of carbonyl (C=O) groups is 1. The SMILES string of the molecule is O=C(C=Cc1cccc(-c2nc3ccc(F)c(F)c3[nH]2)c1)NO. The van der Waals surface area contributed by atoms with E-state index in [9.17, 15) is 13.6 Å². The van der Waals surface area contributed by atoms with Gasteiger partial charge in [-0.3, -0.25) is 10.0 Å². The van der Waals surface area contributed by atoms with Gasteiger partial charge in [-0.2, -0.15) is 0 Å². The van der Waals surface area contributed by atoms with Gasteiger partial charge in [0.25, 0.3) is 5.91 Å². The van der Waals surface area contributed by atoms with Crippen LogP contribution < -0.4 is 5.48 Å². The third-order valence-electron chi connectivity index (χ3n) is 3.25. The lowest BCUT2D eigenvalue weighted by atomic mass is 10.1. The first-order valence-corrected chi connectivity index (χ1v) is 6.65. The third-order valence-corrected chi connectivity index (χ3v) is 3.25. The van der Waals surface area contributed by atoms with Crippen LogP contribution in [0.5, 0.6) is 0 Å². The molecule has 0 bridgehead atoms. The standard InChI is InChI=1S/C16H11F2N3O2/c17-11-5-6-12-15(14(11)18)20-16(19-12)10-3-1-2-9(8-10)4-7-13(22)21-23/h1-8,23H,(H,19,20)(H,21,22). The second-order valence-corrected chi connectivity index (χ2v) is 4.78. The highest BCUT2D eigenvalue weighted by atomic mass is 19.2. The van der Waals surface area contributed by atoms with Crippen LogP contribution in [0, 0.1) is 11.6 Å². The van der Waals surface area contributed by atoms with E-state index in [4.69, 9.17) is 5.21 Å². The van der Waals surface area contributed by atoms with E-state index in [1.54, 1.807) is 24.3 Å². The van der Waals surface area contributed by atoms with E-state index in [1.165, 1.54) is 17.6 Å². The molecule has 1 heterocycles. The van der Waals surface area contributed by atoms with Crippen LogP contribution in [0.4, 0.5) is 8.78 Å². The van der Waals surface area contributed by atoms with Gasteiger partial charge in [-0.25, -0.2) is 19.2 Å². The summed E-state index contributed by atoms with van der Waals surface area (Å²) < 4.78 is 27.0. The average molecular weight is 315 g/mol. The summed E-state index contributed by atoms with van der Waals surface area (Å²) >= 11 is 0. The van der Waals surface area contributed by atoms with Crippen molar-refractivity contribution in [3.63, 3.8) is 0 Å². The predicted molar refractivity (Wildman–Crippen MR) is 80.4 cm³/mol. The highest BCUT2D eigenvalue weighted by Gasteiger charge is 2.12. The van der Waals surface area contributed by atoms with Gasteiger partial charge < -0.3 is 4.98 Å². The molecule has 0 saturated carbocycles. The number of fused-ring (bicyclic) bond motifs is 1. The van der Waals surface area contributed by atoms with Crippen molar-refractivity contribution in [3.8, 4) is 11.4 Å². The summed E-state index contributed by atoms with van der Waals surface area (Å²) in [6.07, 6.45) is 2.66. The maximum absolute atomic E-state index is 13.7. The Morgan fingerprint density at radius 2 is 2.09 bits per heavy atom. The summed E-state index contributed by atoms with van der Waals surface area (Å²) in [5.41, 5.74) is 3.13. The van der Waals surface area contributed by atoms with Gasteiger partial charge in [0.05, 0.1) is 5.52 Å². The highest BCUT2D eigenvalue weighted by Crippen LogP contribution is 2.24. The quantitative estimate of drug-likeness (QED) is 0.395. The number of hydrogen-bond acceptors (Lipinski definition) is 3. The van der Waals surface area contributed by atoms with E-state index in [-0.39, 0.29) is 5.52 Å². The molecule has 1 aromatic heterocycles. The molecular weight excluding hydrogens is 304 g/mol. The van der Waals surface area contributed by atoms with Gasteiger partial charge in [-0.15, -0.1) is 0 Å². The fourth-order valence-electron chi connectivity index (χ4n) is 2.15. The Morgan fingerprint density at radius 1 is 1.26 bits per heavy atom. The zero-order valence-corrected chi connectivity index (χ0v) is 11.7. The molecule has 0 aliphatic rings. The number of amides is 1. The van der Waals surface area contributed by atoms with E-state index >= 15 is 0 Å². The Bertz CT molecular complexity index is 919. The summed E-state index contributed by atoms with van der Waals surface area (Å²) in [7, 11) is 0. The molecule has 23 heavy (non-hydrogen) atoms. The minimum Gasteiger partial charge on any atom is -0.335 e. The monoisotopic (exact) mass is 315 g/mol. The zero-order valence-electron chi connectivity index (χ0n) is 11.7. The molecule has 3 N–H and O–H groups in total. The van der Waals surface area contributed by atoms with Crippen LogP contribution in [-0.4, -0.2) is 21.1 Å². The van der Waals surface area contributed by atoms with Crippen molar-refractivity contribution < 1.29 is 18.8 Å². The van der Waals surface area contributed by atoms with Gasteiger partial charge in [-0.05, 0) is 29.8 Å².